The number of amides is 1. The molecule has 9 heteroatoms. The number of hydrogen-bond acceptors (Lipinski definition) is 4. The van der Waals surface area contributed by atoms with Gasteiger partial charge in [-0.05, 0) is 54.7 Å². The Morgan fingerprint density at radius 1 is 1.12 bits per heavy atom. The molecule has 1 aliphatic rings. The first-order chi connectivity index (χ1) is 15.2. The molecule has 1 unspecified atom stereocenters. The number of carbonyl (C=O) groups is 3. The molecule has 4 rings (SSSR count). The molecule has 0 saturated carbocycles. The molecule has 0 saturated heterocycles. The Morgan fingerprint density at radius 2 is 1.91 bits per heavy atom. The van der Waals surface area contributed by atoms with Gasteiger partial charge in [0, 0.05) is 29.4 Å². The van der Waals surface area contributed by atoms with Gasteiger partial charge < -0.3 is 15.5 Å². The number of aromatic nitrogens is 1. The lowest BCUT2D eigenvalue weighted by Gasteiger charge is -2.15. The summed E-state index contributed by atoms with van der Waals surface area (Å²) in [6.07, 6.45) is -1.16. The van der Waals surface area contributed by atoms with Gasteiger partial charge in [-0.3, -0.25) is 14.4 Å². The minimum Gasteiger partial charge on any atom is -0.321 e. The zero-order chi connectivity index (χ0) is 23.0. The number of nitrogens with two attached hydrogens (primary N) is 1. The Kier molecular flexibility index (Phi) is 5.60. The third-order valence-corrected chi connectivity index (χ3v) is 5.58. The highest BCUT2D eigenvalue weighted by Gasteiger charge is 2.38. The van der Waals surface area contributed by atoms with Crippen LogP contribution in [0.2, 0.25) is 0 Å². The van der Waals surface area contributed by atoms with E-state index in [0.29, 0.717) is 18.5 Å². The molecule has 0 aliphatic heterocycles. The zero-order valence-corrected chi connectivity index (χ0v) is 16.9. The van der Waals surface area contributed by atoms with Crippen LogP contribution >= 0.6 is 0 Å². The van der Waals surface area contributed by atoms with Gasteiger partial charge in [-0.15, -0.1) is 0 Å². The normalized spacial score (nSPS) is 14.8. The third-order valence-electron chi connectivity index (χ3n) is 5.58. The number of anilines is 1. The first-order valence-electron chi connectivity index (χ1n) is 10.1. The van der Waals surface area contributed by atoms with Crippen molar-refractivity contribution in [2.75, 3.05) is 5.32 Å². The first kappa shape index (κ1) is 21.8. The molecule has 3 N–H and O–H groups in total. The summed E-state index contributed by atoms with van der Waals surface area (Å²) in [6, 6.07) is 9.79. The second kappa shape index (κ2) is 8.23. The summed E-state index contributed by atoms with van der Waals surface area (Å²) in [5.41, 5.74) is 9.30. The van der Waals surface area contributed by atoms with Gasteiger partial charge in [-0.2, -0.15) is 13.2 Å². The molecule has 0 fully saturated rings. The molecule has 0 radical (unpaired) electrons. The van der Waals surface area contributed by atoms with E-state index in [1.165, 1.54) is 24.3 Å². The molecule has 1 amide bonds. The lowest BCUT2D eigenvalue weighted by Crippen LogP contribution is -2.33. The van der Waals surface area contributed by atoms with E-state index in [1.807, 2.05) is 22.6 Å². The number of fused-ring (bicyclic) bond motifs is 3. The van der Waals surface area contributed by atoms with Gasteiger partial charge in [0.15, 0.2) is 11.6 Å². The maximum absolute atomic E-state index is 12.9. The molecule has 6 nitrogen and oxygen atoms in total. The van der Waals surface area contributed by atoms with Gasteiger partial charge in [0.2, 0.25) is 0 Å². The van der Waals surface area contributed by atoms with E-state index in [2.05, 4.69) is 0 Å². The predicted molar refractivity (Wildman–Crippen MR) is 112 cm³/mol. The van der Waals surface area contributed by atoms with Crippen molar-refractivity contribution >= 4 is 28.7 Å². The van der Waals surface area contributed by atoms with Crippen molar-refractivity contribution in [1.29, 1.82) is 0 Å². The van der Waals surface area contributed by atoms with Crippen molar-refractivity contribution in [3.63, 3.8) is 0 Å². The third kappa shape index (κ3) is 4.03. The second-order valence-corrected chi connectivity index (χ2v) is 7.75. The van der Waals surface area contributed by atoms with Crippen LogP contribution in [0.25, 0.3) is 5.52 Å². The Hall–Kier alpha value is -3.46. The lowest BCUT2D eigenvalue weighted by molar-refractivity contribution is -0.167. The fraction of sp³-hybridized carbons (Fsp3) is 0.261. The Labute approximate surface area is 181 Å². The molecule has 0 bridgehead atoms. The van der Waals surface area contributed by atoms with Crippen molar-refractivity contribution in [2.45, 2.75) is 37.9 Å². The maximum Gasteiger partial charge on any atom is 0.471 e. The molecule has 2 aromatic heterocycles. The van der Waals surface area contributed by atoms with E-state index in [0.717, 1.165) is 23.1 Å². The van der Waals surface area contributed by atoms with Crippen LogP contribution in [0.3, 0.4) is 0 Å². The quantitative estimate of drug-likeness (QED) is 0.588. The molecule has 166 valence electrons. The molecular formula is C23H20F3N3O3. The lowest BCUT2D eigenvalue weighted by atomic mass is 9.90. The van der Waals surface area contributed by atoms with E-state index in [9.17, 15) is 27.6 Å². The molecule has 2 heterocycles. The van der Waals surface area contributed by atoms with Crippen molar-refractivity contribution in [3.8, 4) is 0 Å². The number of benzene rings is 1. The van der Waals surface area contributed by atoms with Crippen molar-refractivity contribution in [3.05, 3.63) is 71.0 Å². The topological polar surface area (TPSA) is 93.7 Å². The van der Waals surface area contributed by atoms with Crippen LogP contribution in [0, 0.1) is 0 Å². The summed E-state index contributed by atoms with van der Waals surface area (Å²) in [5.74, 6) is -2.55. The molecule has 1 atom stereocenters. The van der Waals surface area contributed by atoms with E-state index in [4.69, 9.17) is 5.73 Å². The second-order valence-electron chi connectivity index (χ2n) is 7.75. The minimum absolute atomic E-state index is 0.0479. The monoisotopic (exact) mass is 443 g/mol. The molecule has 3 aromatic rings. The van der Waals surface area contributed by atoms with Gasteiger partial charge in [0.25, 0.3) is 0 Å². The maximum atomic E-state index is 12.9. The smallest absolute Gasteiger partial charge is 0.321 e. The van der Waals surface area contributed by atoms with Crippen molar-refractivity contribution in [2.24, 2.45) is 5.73 Å². The van der Waals surface area contributed by atoms with Crippen LogP contribution in [0.15, 0.2) is 48.7 Å². The Morgan fingerprint density at radius 3 is 2.66 bits per heavy atom. The first-order valence-corrected chi connectivity index (χ1v) is 10.1. The molecular weight excluding hydrogens is 423 g/mol. The van der Waals surface area contributed by atoms with Crippen LogP contribution in [0.1, 0.15) is 44.8 Å². The molecule has 1 aliphatic carbocycles. The standard InChI is InChI=1S/C23H20F3N3O3/c24-23(25,26)22(32)28-14-6-3-5-13(11-14)21(31)17(27)12-16-15-7-4-9-19(30)20(15)29-10-2-1-8-18(16)29/h1-3,5-6,8,10-11,17H,4,7,9,12,27H2,(H,28,32). The number of carbonyl (C=O) groups excluding carboxylic acids is 3. The summed E-state index contributed by atoms with van der Waals surface area (Å²) in [5, 5.41) is 1.73. The summed E-state index contributed by atoms with van der Waals surface area (Å²) < 4.78 is 39.3. The number of halogens is 3. The largest absolute Gasteiger partial charge is 0.471 e. The Balaban J connectivity index is 1.61. The number of nitrogens with zero attached hydrogens (tertiary/aromatic N) is 1. The number of nitrogens with one attached hydrogen (secondary N) is 1. The number of pyridine rings is 1. The number of ketones is 2. The Bertz CT molecular complexity index is 1230. The molecule has 0 spiro atoms. The van der Waals surface area contributed by atoms with Crippen LogP contribution in [-0.4, -0.2) is 34.1 Å². The molecule has 32 heavy (non-hydrogen) atoms. The highest BCUT2D eigenvalue weighted by molar-refractivity contribution is 6.03. The van der Waals surface area contributed by atoms with E-state index >= 15 is 0 Å². The van der Waals surface area contributed by atoms with Crippen LogP contribution in [0.5, 0.6) is 0 Å². The summed E-state index contributed by atoms with van der Waals surface area (Å²) in [7, 11) is 0. The van der Waals surface area contributed by atoms with Crippen molar-refractivity contribution in [1.82, 2.24) is 4.40 Å². The summed E-state index contributed by atoms with van der Waals surface area (Å²) in [6.45, 7) is 0. The SMILES string of the molecule is NC(Cc1c2c(n3ccccc13)C(=O)CCC2)C(=O)c1cccc(NC(=O)C(F)(F)F)c1. The minimum atomic E-state index is -5.04. The van der Waals surface area contributed by atoms with Gasteiger partial charge in [0.05, 0.1) is 11.7 Å². The van der Waals surface area contributed by atoms with Gasteiger partial charge in [-0.1, -0.05) is 18.2 Å². The van der Waals surface area contributed by atoms with E-state index in [-0.39, 0.29) is 23.5 Å². The zero-order valence-electron chi connectivity index (χ0n) is 16.9. The summed E-state index contributed by atoms with van der Waals surface area (Å²) >= 11 is 0. The fourth-order valence-corrected chi connectivity index (χ4v) is 4.15. The highest BCUT2D eigenvalue weighted by atomic mass is 19.4. The number of Topliss-reactive ketones (excluding diaryl/α,β-unsaturated/α-hetero) is 2. The number of hydrogen-bond donors (Lipinski definition) is 2. The fourth-order valence-electron chi connectivity index (χ4n) is 4.15. The summed E-state index contributed by atoms with van der Waals surface area (Å²) in [4.78, 5) is 36.6. The number of rotatable bonds is 5. The predicted octanol–water partition coefficient (Wildman–Crippen LogP) is 3.71. The van der Waals surface area contributed by atoms with Gasteiger partial charge >= 0.3 is 12.1 Å². The van der Waals surface area contributed by atoms with Crippen LogP contribution < -0.4 is 11.1 Å². The van der Waals surface area contributed by atoms with Gasteiger partial charge in [0.1, 0.15) is 0 Å². The number of alkyl halides is 3. The van der Waals surface area contributed by atoms with E-state index < -0.39 is 23.9 Å². The van der Waals surface area contributed by atoms with E-state index in [1.54, 1.807) is 11.5 Å². The average Bonchev–Trinajstić information content (AvgIpc) is 3.07. The van der Waals surface area contributed by atoms with Gasteiger partial charge in [-0.25, -0.2) is 0 Å². The molecule has 1 aromatic carbocycles. The highest BCUT2D eigenvalue weighted by Crippen LogP contribution is 2.31. The van der Waals surface area contributed by atoms with Crippen molar-refractivity contribution < 1.29 is 27.6 Å². The average molecular weight is 443 g/mol. The van der Waals surface area contributed by atoms with Crippen LogP contribution in [0.4, 0.5) is 18.9 Å². The van der Waals surface area contributed by atoms with Crippen LogP contribution in [-0.2, 0) is 17.6 Å².